The average molecular weight is 449 g/mol. The van der Waals surface area contributed by atoms with E-state index in [2.05, 4.69) is 26.9 Å². The van der Waals surface area contributed by atoms with Crippen LogP contribution in [0.15, 0.2) is 41.3 Å². The van der Waals surface area contributed by atoms with Gasteiger partial charge in [-0.1, -0.05) is 6.07 Å². The summed E-state index contributed by atoms with van der Waals surface area (Å²) < 4.78 is 42.8. The number of halogens is 1. The molecule has 0 aliphatic carbocycles. The van der Waals surface area contributed by atoms with E-state index in [0.717, 1.165) is 37.4 Å². The second-order valence-electron chi connectivity index (χ2n) is 7.99. The molecule has 1 saturated heterocycles. The zero-order valence-electron chi connectivity index (χ0n) is 18.3. The van der Waals surface area contributed by atoms with Gasteiger partial charge in [0.2, 0.25) is 15.9 Å². The Kier molecular flexibility index (Phi) is 6.98. The first kappa shape index (κ1) is 23.2. The fraction of sp³-hybridized carbons (Fsp3) is 0.409. The average Bonchev–Trinajstić information content (AvgIpc) is 2.69. The summed E-state index contributed by atoms with van der Waals surface area (Å²) in [4.78, 5) is 15.8. The van der Waals surface area contributed by atoms with E-state index in [9.17, 15) is 17.6 Å². The van der Waals surface area contributed by atoms with Gasteiger partial charge in [-0.25, -0.2) is 17.5 Å². The molecule has 0 bridgehead atoms. The van der Waals surface area contributed by atoms with Crippen molar-refractivity contribution >= 4 is 27.3 Å². The predicted molar refractivity (Wildman–Crippen MR) is 120 cm³/mol. The summed E-state index contributed by atoms with van der Waals surface area (Å²) in [6.07, 6.45) is 0. The maximum atomic E-state index is 14.1. The Bertz CT molecular complexity index is 1070. The minimum absolute atomic E-state index is 0.0336. The van der Waals surface area contributed by atoms with Crippen LogP contribution >= 0.6 is 0 Å². The lowest BCUT2D eigenvalue weighted by molar-refractivity contribution is -0.114. The minimum Gasteiger partial charge on any atom is -0.369 e. The predicted octanol–water partition coefficient (Wildman–Crippen LogP) is 2.88. The van der Waals surface area contributed by atoms with Gasteiger partial charge in [0.25, 0.3) is 0 Å². The number of nitrogens with one attached hydrogen (secondary N) is 2. The first-order chi connectivity index (χ1) is 14.6. The molecular formula is C22H29FN4O3S. The number of benzene rings is 2. The fourth-order valence-corrected chi connectivity index (χ4v) is 4.91. The monoisotopic (exact) mass is 448 g/mol. The smallest absolute Gasteiger partial charge is 0.241 e. The van der Waals surface area contributed by atoms with Gasteiger partial charge in [0.15, 0.2) is 0 Å². The highest BCUT2D eigenvalue weighted by atomic mass is 32.2. The topological polar surface area (TPSA) is 81.7 Å². The van der Waals surface area contributed by atoms with Crippen LogP contribution in [0.3, 0.4) is 0 Å². The minimum atomic E-state index is -3.90. The third-order valence-corrected chi connectivity index (χ3v) is 7.00. The molecule has 1 fully saturated rings. The Morgan fingerprint density at radius 3 is 2.42 bits per heavy atom. The number of nitrogens with zero attached hydrogens (tertiary/aromatic N) is 2. The molecule has 1 heterocycles. The van der Waals surface area contributed by atoms with Crippen molar-refractivity contribution in [3.8, 4) is 0 Å². The van der Waals surface area contributed by atoms with Crippen molar-refractivity contribution in [3.05, 3.63) is 53.3 Å². The van der Waals surface area contributed by atoms with E-state index in [1.807, 2.05) is 0 Å². The van der Waals surface area contributed by atoms with Gasteiger partial charge < -0.3 is 15.1 Å². The van der Waals surface area contributed by atoms with E-state index in [1.165, 1.54) is 31.2 Å². The van der Waals surface area contributed by atoms with Crippen LogP contribution in [0.2, 0.25) is 0 Å². The summed E-state index contributed by atoms with van der Waals surface area (Å²) in [5.74, 6) is -0.697. The third kappa shape index (κ3) is 5.61. The van der Waals surface area contributed by atoms with Crippen LogP contribution in [0, 0.1) is 12.7 Å². The van der Waals surface area contributed by atoms with Crippen LogP contribution in [0.1, 0.15) is 31.0 Å². The van der Waals surface area contributed by atoms with Gasteiger partial charge in [-0.15, -0.1) is 0 Å². The molecule has 1 unspecified atom stereocenters. The maximum Gasteiger partial charge on any atom is 0.241 e. The summed E-state index contributed by atoms with van der Waals surface area (Å²) in [5.41, 5.74) is 2.60. The van der Waals surface area contributed by atoms with Gasteiger partial charge >= 0.3 is 0 Å². The van der Waals surface area contributed by atoms with Crippen LogP contribution in [0.4, 0.5) is 15.8 Å². The van der Waals surface area contributed by atoms with E-state index < -0.39 is 21.9 Å². The molecular weight excluding hydrogens is 419 g/mol. The Hall–Kier alpha value is -2.49. The second-order valence-corrected chi connectivity index (χ2v) is 9.71. The van der Waals surface area contributed by atoms with E-state index in [4.69, 9.17) is 0 Å². The quantitative estimate of drug-likeness (QED) is 0.710. The van der Waals surface area contributed by atoms with Crippen molar-refractivity contribution in [2.75, 3.05) is 43.4 Å². The SMILES string of the molecule is CC(=O)Nc1cc(S(=O)(=O)NC(C)c2cc(F)ccc2N2CCN(C)CC2)ccc1C. The zero-order valence-corrected chi connectivity index (χ0v) is 19.1. The molecule has 9 heteroatoms. The zero-order chi connectivity index (χ0) is 22.8. The van der Waals surface area contributed by atoms with Gasteiger partial charge in [-0.3, -0.25) is 4.79 Å². The number of hydrogen-bond acceptors (Lipinski definition) is 5. The molecule has 0 radical (unpaired) electrons. The number of hydrogen-bond donors (Lipinski definition) is 2. The molecule has 3 rings (SSSR count). The molecule has 0 saturated carbocycles. The normalized spacial score (nSPS) is 16.2. The molecule has 168 valence electrons. The Morgan fingerprint density at radius 1 is 1.10 bits per heavy atom. The molecule has 2 aromatic rings. The maximum absolute atomic E-state index is 14.1. The van der Waals surface area contributed by atoms with Gasteiger partial charge in [-0.05, 0) is 62.4 Å². The van der Waals surface area contributed by atoms with E-state index >= 15 is 0 Å². The molecule has 1 aliphatic rings. The van der Waals surface area contributed by atoms with Gasteiger partial charge in [0.1, 0.15) is 5.82 Å². The molecule has 31 heavy (non-hydrogen) atoms. The molecule has 0 aromatic heterocycles. The van der Waals surface area contributed by atoms with Gasteiger partial charge in [0.05, 0.1) is 4.90 Å². The van der Waals surface area contributed by atoms with Crippen LogP contribution < -0.4 is 14.9 Å². The van der Waals surface area contributed by atoms with Crippen LogP contribution in [-0.4, -0.2) is 52.5 Å². The second kappa shape index (κ2) is 9.33. The van der Waals surface area contributed by atoms with Gasteiger partial charge in [0, 0.05) is 50.5 Å². The summed E-state index contributed by atoms with van der Waals surface area (Å²) in [6.45, 7) is 8.18. The molecule has 7 nitrogen and oxygen atoms in total. The number of aryl methyl sites for hydroxylation is 1. The summed E-state index contributed by atoms with van der Waals surface area (Å²) in [5, 5.41) is 2.64. The van der Waals surface area contributed by atoms with E-state index in [0.29, 0.717) is 11.3 Å². The number of carbonyl (C=O) groups is 1. The largest absolute Gasteiger partial charge is 0.369 e. The fourth-order valence-electron chi connectivity index (χ4n) is 3.66. The highest BCUT2D eigenvalue weighted by molar-refractivity contribution is 7.89. The number of anilines is 2. The molecule has 0 spiro atoms. The Labute approximate surface area is 183 Å². The van der Waals surface area contributed by atoms with Crippen molar-refractivity contribution in [3.63, 3.8) is 0 Å². The number of likely N-dealkylation sites (N-methyl/N-ethyl adjacent to an activating group) is 1. The van der Waals surface area contributed by atoms with Crippen molar-refractivity contribution in [2.45, 2.75) is 31.7 Å². The molecule has 2 aromatic carbocycles. The summed E-state index contributed by atoms with van der Waals surface area (Å²) in [7, 11) is -1.85. The number of rotatable bonds is 6. The number of amides is 1. The first-order valence-electron chi connectivity index (χ1n) is 10.2. The first-order valence-corrected chi connectivity index (χ1v) is 11.7. The van der Waals surface area contributed by atoms with Crippen LogP contribution in [0.25, 0.3) is 0 Å². The number of sulfonamides is 1. The van der Waals surface area contributed by atoms with E-state index in [1.54, 1.807) is 26.0 Å². The van der Waals surface area contributed by atoms with Crippen LogP contribution in [0.5, 0.6) is 0 Å². The number of piperazine rings is 1. The summed E-state index contributed by atoms with van der Waals surface area (Å²) in [6, 6.07) is 8.41. The highest BCUT2D eigenvalue weighted by Crippen LogP contribution is 2.30. The van der Waals surface area contributed by atoms with E-state index in [-0.39, 0.29) is 10.8 Å². The van der Waals surface area contributed by atoms with Crippen molar-refractivity contribution in [2.24, 2.45) is 0 Å². The Morgan fingerprint density at radius 2 is 1.77 bits per heavy atom. The molecule has 2 N–H and O–H groups in total. The lowest BCUT2D eigenvalue weighted by Crippen LogP contribution is -2.45. The lowest BCUT2D eigenvalue weighted by Gasteiger charge is -2.36. The molecule has 1 amide bonds. The highest BCUT2D eigenvalue weighted by Gasteiger charge is 2.24. The molecule has 1 aliphatic heterocycles. The summed E-state index contributed by atoms with van der Waals surface area (Å²) >= 11 is 0. The number of carbonyl (C=O) groups excluding carboxylic acids is 1. The van der Waals surface area contributed by atoms with Crippen LogP contribution in [-0.2, 0) is 14.8 Å². The lowest BCUT2D eigenvalue weighted by atomic mass is 10.0. The van der Waals surface area contributed by atoms with Crippen molar-refractivity contribution < 1.29 is 17.6 Å². The van der Waals surface area contributed by atoms with Crippen molar-refractivity contribution in [1.29, 1.82) is 0 Å². The molecule has 1 atom stereocenters. The van der Waals surface area contributed by atoms with Crippen molar-refractivity contribution in [1.82, 2.24) is 9.62 Å². The Balaban J connectivity index is 1.88. The third-order valence-electron chi connectivity index (χ3n) is 5.46. The standard InChI is InChI=1S/C22H29FN4O3S/c1-15-5-7-19(14-21(15)24-17(3)28)31(29,30)25-16(2)20-13-18(23)6-8-22(20)27-11-9-26(4)10-12-27/h5-8,13-14,16,25H,9-12H2,1-4H3,(H,24,28). The van der Waals surface area contributed by atoms with Gasteiger partial charge in [-0.2, -0.15) is 0 Å².